The van der Waals surface area contributed by atoms with Gasteiger partial charge in [0.1, 0.15) is 25.0 Å². The average Bonchev–Trinajstić information content (AvgIpc) is 3.29. The second kappa shape index (κ2) is 15.8. The first kappa shape index (κ1) is 37.5. The number of aliphatic hydroxyl groups is 1. The summed E-state index contributed by atoms with van der Waals surface area (Å²) >= 11 is 0. The summed E-state index contributed by atoms with van der Waals surface area (Å²) in [6, 6.07) is 9.43. The number of nitrogens with zero attached hydrogens (tertiary/aromatic N) is 2. The molecule has 0 radical (unpaired) electrons. The average molecular weight is 671 g/mol. The number of aryl methyl sites for hydroxylation is 1. The van der Waals surface area contributed by atoms with Gasteiger partial charge in [0.15, 0.2) is 14.5 Å². The molecule has 1 fully saturated rings. The zero-order valence-electron chi connectivity index (χ0n) is 28.1. The molecule has 1 N–H and O–H groups in total. The molecule has 0 aliphatic carbocycles. The Labute approximate surface area is 267 Å². The molecule has 2 aromatic rings. The predicted molar refractivity (Wildman–Crippen MR) is 175 cm³/mol. The molecular formula is C31H51N2O10PSi. The number of rotatable bonds is 16. The lowest BCUT2D eigenvalue weighted by Gasteiger charge is -2.41. The minimum Gasteiger partial charge on any atom is -0.408 e. The van der Waals surface area contributed by atoms with Crippen molar-refractivity contribution in [1.82, 2.24) is 9.13 Å². The van der Waals surface area contributed by atoms with Crippen molar-refractivity contribution in [2.45, 2.75) is 96.7 Å². The quantitative estimate of drug-likeness (QED) is 0.158. The molecule has 1 aromatic carbocycles. The van der Waals surface area contributed by atoms with Crippen LogP contribution in [0.5, 0.6) is 0 Å². The Bertz CT molecular complexity index is 1410. The third-order valence-electron chi connectivity index (χ3n) is 8.33. The van der Waals surface area contributed by atoms with Crippen molar-refractivity contribution in [3.8, 4) is 0 Å². The lowest BCUT2D eigenvalue weighted by Crippen LogP contribution is -2.52. The summed E-state index contributed by atoms with van der Waals surface area (Å²) < 4.78 is 51.5. The van der Waals surface area contributed by atoms with E-state index in [1.54, 1.807) is 21.0 Å². The van der Waals surface area contributed by atoms with E-state index >= 15 is 0 Å². The number of ether oxygens (including phenoxy) is 4. The van der Waals surface area contributed by atoms with Gasteiger partial charge in [-0.1, -0.05) is 51.1 Å². The standard InChI is InChI=1S/C31H51N2O10PSi/c1-10-41-44(7,37)20-24(34)25-26(43-45(8,9)31(3,4)5)27(40-17-16-38-6)29(42-25)32-18-22(2)28(35)33(30(32)36)21-39-19-23-14-12-11-13-15-23/h11-15,18,24-27,29,34H,10,16-17,19-21H2,1-9H3/t24-,25-,26-,27-,29-,44?/m1/s1. The van der Waals surface area contributed by atoms with Gasteiger partial charge in [-0.25, -0.2) is 9.36 Å². The number of aromatic nitrogens is 2. The Morgan fingerprint density at radius 2 is 1.78 bits per heavy atom. The van der Waals surface area contributed by atoms with Crippen molar-refractivity contribution >= 4 is 15.7 Å². The van der Waals surface area contributed by atoms with Crippen molar-refractivity contribution in [2.75, 3.05) is 39.8 Å². The highest BCUT2D eigenvalue weighted by Gasteiger charge is 2.54. The Balaban J connectivity index is 2.07. The molecule has 2 heterocycles. The van der Waals surface area contributed by atoms with Gasteiger partial charge < -0.3 is 33.0 Å². The minimum atomic E-state index is -3.18. The number of hydrogen-bond acceptors (Lipinski definition) is 10. The molecule has 1 aromatic heterocycles. The lowest BCUT2D eigenvalue weighted by molar-refractivity contribution is -0.0911. The number of methoxy groups -OCH3 is 1. The van der Waals surface area contributed by atoms with Gasteiger partial charge in [-0.2, -0.15) is 0 Å². The smallest absolute Gasteiger partial charge is 0.335 e. The maximum absolute atomic E-state index is 13.9. The first-order valence-corrected chi connectivity index (χ1v) is 20.5. The van der Waals surface area contributed by atoms with Crippen molar-refractivity contribution in [3.63, 3.8) is 0 Å². The van der Waals surface area contributed by atoms with Crippen LogP contribution in [0.3, 0.4) is 0 Å². The van der Waals surface area contributed by atoms with Gasteiger partial charge in [-0.15, -0.1) is 0 Å². The molecule has 14 heteroatoms. The summed E-state index contributed by atoms with van der Waals surface area (Å²) in [6.07, 6.45) is -3.85. The fraction of sp³-hybridized carbons (Fsp3) is 0.677. The molecule has 1 saturated heterocycles. The van der Waals surface area contributed by atoms with Crippen molar-refractivity contribution in [3.05, 3.63) is 68.5 Å². The summed E-state index contributed by atoms with van der Waals surface area (Å²) in [5.74, 6) is 0. The highest BCUT2D eigenvalue weighted by atomic mass is 31.2. The van der Waals surface area contributed by atoms with E-state index in [0.29, 0.717) is 0 Å². The van der Waals surface area contributed by atoms with E-state index in [2.05, 4.69) is 33.9 Å². The third kappa shape index (κ3) is 9.56. The van der Waals surface area contributed by atoms with E-state index < -0.39 is 57.6 Å². The van der Waals surface area contributed by atoms with E-state index in [9.17, 15) is 19.3 Å². The maximum atomic E-state index is 13.9. The molecule has 1 unspecified atom stereocenters. The summed E-state index contributed by atoms with van der Waals surface area (Å²) in [4.78, 5) is 27.0. The Kier molecular flexibility index (Phi) is 13.2. The van der Waals surface area contributed by atoms with Gasteiger partial charge in [0.05, 0.1) is 38.7 Å². The molecule has 45 heavy (non-hydrogen) atoms. The Morgan fingerprint density at radius 3 is 2.38 bits per heavy atom. The van der Waals surface area contributed by atoms with Crippen molar-refractivity contribution < 1.29 is 37.6 Å². The van der Waals surface area contributed by atoms with Crippen LogP contribution in [0.4, 0.5) is 0 Å². The first-order valence-electron chi connectivity index (χ1n) is 15.3. The normalized spacial score (nSPS) is 22.8. The van der Waals surface area contributed by atoms with Crippen LogP contribution in [0, 0.1) is 6.92 Å². The third-order valence-corrected chi connectivity index (χ3v) is 14.6. The van der Waals surface area contributed by atoms with Crippen LogP contribution < -0.4 is 11.2 Å². The van der Waals surface area contributed by atoms with Crippen LogP contribution in [0.25, 0.3) is 0 Å². The zero-order chi connectivity index (χ0) is 33.6. The minimum absolute atomic E-state index is 0.153. The molecule has 254 valence electrons. The van der Waals surface area contributed by atoms with Gasteiger partial charge in [-0.05, 0) is 37.5 Å². The number of aliphatic hydroxyl groups excluding tert-OH is 1. The predicted octanol–water partition coefficient (Wildman–Crippen LogP) is 4.12. The number of hydrogen-bond donors (Lipinski definition) is 1. The fourth-order valence-electron chi connectivity index (χ4n) is 4.95. The largest absolute Gasteiger partial charge is 0.408 e. The van der Waals surface area contributed by atoms with Gasteiger partial charge in [-0.3, -0.25) is 13.9 Å². The van der Waals surface area contributed by atoms with Gasteiger partial charge in [0.25, 0.3) is 5.56 Å². The van der Waals surface area contributed by atoms with E-state index in [4.69, 9.17) is 27.9 Å². The van der Waals surface area contributed by atoms with Crippen LogP contribution in [0.1, 0.15) is 45.0 Å². The Morgan fingerprint density at radius 1 is 1.11 bits per heavy atom. The zero-order valence-corrected chi connectivity index (χ0v) is 30.0. The lowest BCUT2D eigenvalue weighted by atomic mass is 10.1. The van der Waals surface area contributed by atoms with E-state index in [1.165, 1.54) is 17.4 Å². The van der Waals surface area contributed by atoms with Gasteiger partial charge >= 0.3 is 5.69 Å². The first-order chi connectivity index (χ1) is 21.0. The van der Waals surface area contributed by atoms with Crippen LogP contribution in [0.15, 0.2) is 46.1 Å². The number of benzene rings is 1. The molecule has 1 aliphatic heterocycles. The maximum Gasteiger partial charge on any atom is 0.335 e. The highest BCUT2D eigenvalue weighted by Crippen LogP contribution is 2.47. The molecule has 0 amide bonds. The molecule has 12 nitrogen and oxygen atoms in total. The summed E-state index contributed by atoms with van der Waals surface area (Å²) in [5, 5.41) is 11.3. The van der Waals surface area contributed by atoms with Crippen LogP contribution in [-0.2, 0) is 45.8 Å². The second-order valence-electron chi connectivity index (χ2n) is 13.0. The van der Waals surface area contributed by atoms with Crippen LogP contribution in [0.2, 0.25) is 18.1 Å². The summed E-state index contributed by atoms with van der Waals surface area (Å²) in [6.45, 7) is 15.8. The van der Waals surface area contributed by atoms with Gasteiger partial charge in [0.2, 0.25) is 7.37 Å². The fourth-order valence-corrected chi connectivity index (χ4v) is 7.79. The van der Waals surface area contributed by atoms with Crippen molar-refractivity contribution in [2.24, 2.45) is 0 Å². The molecule has 1 aliphatic rings. The molecule has 0 saturated carbocycles. The summed E-state index contributed by atoms with van der Waals surface area (Å²) in [5.41, 5.74) is 0.0264. The van der Waals surface area contributed by atoms with Crippen molar-refractivity contribution in [1.29, 1.82) is 0 Å². The Hall–Kier alpha value is -1.93. The second-order valence-corrected chi connectivity index (χ2v) is 20.5. The molecule has 0 spiro atoms. The van der Waals surface area contributed by atoms with Crippen LogP contribution in [-0.4, -0.2) is 86.7 Å². The van der Waals surface area contributed by atoms with E-state index in [1.807, 2.05) is 30.3 Å². The molecular weight excluding hydrogens is 619 g/mol. The topological polar surface area (TPSA) is 137 Å². The van der Waals surface area contributed by atoms with E-state index in [-0.39, 0.29) is 49.9 Å². The monoisotopic (exact) mass is 670 g/mol. The van der Waals surface area contributed by atoms with E-state index in [0.717, 1.165) is 10.1 Å². The summed E-state index contributed by atoms with van der Waals surface area (Å²) in [7, 11) is -4.15. The van der Waals surface area contributed by atoms with Gasteiger partial charge in [0, 0.05) is 25.5 Å². The molecule has 0 bridgehead atoms. The molecule has 3 rings (SSSR count). The molecule has 6 atom stereocenters. The van der Waals surface area contributed by atoms with Crippen LogP contribution >= 0.6 is 7.37 Å². The highest BCUT2D eigenvalue weighted by molar-refractivity contribution is 7.58. The SMILES string of the molecule is CCOP(C)(=O)C[C@@H](O)[C@H]1O[C@@H](n2cc(C)c(=O)n(COCc3ccccc3)c2=O)[C@H](OCCOC)[C@@H]1O[Si](C)(C)C(C)(C)C.